The van der Waals surface area contributed by atoms with E-state index in [9.17, 15) is 4.79 Å². The number of hydrogen-bond acceptors (Lipinski definition) is 6. The molecule has 0 atom stereocenters. The summed E-state index contributed by atoms with van der Waals surface area (Å²) in [5, 5.41) is 3.53. The second-order valence-electron chi connectivity index (χ2n) is 4.14. The van der Waals surface area contributed by atoms with Gasteiger partial charge in [-0.3, -0.25) is 4.79 Å². The quantitative estimate of drug-likeness (QED) is 0.919. The van der Waals surface area contributed by atoms with Crippen molar-refractivity contribution >= 4 is 22.2 Å². The van der Waals surface area contributed by atoms with Crippen molar-refractivity contribution in [1.82, 2.24) is 4.98 Å². The molecule has 1 aromatic heterocycles. The van der Waals surface area contributed by atoms with Crippen molar-refractivity contribution in [3.8, 4) is 17.2 Å². The summed E-state index contributed by atoms with van der Waals surface area (Å²) >= 11 is 1.37. The number of amides is 1. The van der Waals surface area contributed by atoms with Gasteiger partial charge in [-0.1, -0.05) is 0 Å². The Kier molecular flexibility index (Phi) is 4.64. The van der Waals surface area contributed by atoms with Crippen LogP contribution in [0.5, 0.6) is 17.2 Å². The number of carbonyl (C=O) groups excluding carboxylic acids is 1. The van der Waals surface area contributed by atoms with Gasteiger partial charge in [0.2, 0.25) is 5.75 Å². The van der Waals surface area contributed by atoms with Crippen LogP contribution in [0.25, 0.3) is 0 Å². The van der Waals surface area contributed by atoms with E-state index in [1.54, 1.807) is 17.6 Å². The van der Waals surface area contributed by atoms with Gasteiger partial charge in [-0.05, 0) is 19.1 Å². The minimum atomic E-state index is -0.262. The average Bonchev–Trinajstić information content (AvgIpc) is 2.90. The SMILES string of the molecule is COc1cc(C(=O)Nc2scnc2C)cc(OC)c1OC. The van der Waals surface area contributed by atoms with E-state index in [4.69, 9.17) is 14.2 Å². The number of aryl methyl sites for hydroxylation is 1. The van der Waals surface area contributed by atoms with Crippen LogP contribution in [0, 0.1) is 6.92 Å². The number of aromatic nitrogens is 1. The molecule has 1 aromatic carbocycles. The first kappa shape index (κ1) is 15.1. The van der Waals surface area contributed by atoms with Gasteiger partial charge >= 0.3 is 0 Å². The lowest BCUT2D eigenvalue weighted by Crippen LogP contribution is -2.12. The normalized spacial score (nSPS) is 10.1. The Morgan fingerprint density at radius 2 is 1.76 bits per heavy atom. The van der Waals surface area contributed by atoms with Gasteiger partial charge < -0.3 is 19.5 Å². The molecular weight excluding hydrogens is 292 g/mol. The van der Waals surface area contributed by atoms with Gasteiger partial charge in [-0.25, -0.2) is 4.98 Å². The molecule has 0 saturated heterocycles. The van der Waals surface area contributed by atoms with Gasteiger partial charge in [-0.15, -0.1) is 11.3 Å². The number of anilines is 1. The highest BCUT2D eigenvalue weighted by Crippen LogP contribution is 2.38. The first-order chi connectivity index (χ1) is 10.1. The number of thiazole rings is 1. The molecule has 0 radical (unpaired) electrons. The smallest absolute Gasteiger partial charge is 0.256 e. The third kappa shape index (κ3) is 3.08. The van der Waals surface area contributed by atoms with Crippen LogP contribution in [0.4, 0.5) is 5.00 Å². The molecule has 7 heteroatoms. The maximum atomic E-state index is 12.3. The summed E-state index contributed by atoms with van der Waals surface area (Å²) in [5.74, 6) is 1.05. The van der Waals surface area contributed by atoms with Crippen molar-refractivity contribution in [3.05, 3.63) is 28.9 Å². The van der Waals surface area contributed by atoms with Gasteiger partial charge in [0, 0.05) is 5.56 Å². The molecule has 0 aliphatic heterocycles. The van der Waals surface area contributed by atoms with Gasteiger partial charge in [0.05, 0.1) is 32.5 Å². The van der Waals surface area contributed by atoms with Crippen molar-refractivity contribution in [3.63, 3.8) is 0 Å². The predicted octanol–water partition coefficient (Wildman–Crippen LogP) is 2.73. The van der Waals surface area contributed by atoms with Crippen LogP contribution in [-0.4, -0.2) is 32.2 Å². The number of carbonyl (C=O) groups is 1. The molecule has 0 aliphatic carbocycles. The summed E-state index contributed by atoms with van der Waals surface area (Å²) in [5.41, 5.74) is 2.87. The first-order valence-corrected chi connectivity index (χ1v) is 7.00. The lowest BCUT2D eigenvalue weighted by molar-refractivity contribution is 0.102. The fourth-order valence-electron chi connectivity index (χ4n) is 1.81. The summed E-state index contributed by atoms with van der Waals surface area (Å²) < 4.78 is 15.7. The van der Waals surface area contributed by atoms with Gasteiger partial charge in [0.25, 0.3) is 5.91 Å². The van der Waals surface area contributed by atoms with Gasteiger partial charge in [-0.2, -0.15) is 0 Å². The van der Waals surface area contributed by atoms with Crippen molar-refractivity contribution < 1.29 is 19.0 Å². The summed E-state index contributed by atoms with van der Waals surface area (Å²) in [6.45, 7) is 1.83. The number of hydrogen-bond donors (Lipinski definition) is 1. The summed E-state index contributed by atoms with van der Waals surface area (Å²) in [6, 6.07) is 3.21. The van der Waals surface area contributed by atoms with Crippen molar-refractivity contribution in [1.29, 1.82) is 0 Å². The number of ether oxygens (including phenoxy) is 3. The number of methoxy groups -OCH3 is 3. The van der Waals surface area contributed by atoms with Crippen LogP contribution in [0.15, 0.2) is 17.6 Å². The molecule has 0 aliphatic rings. The van der Waals surface area contributed by atoms with E-state index in [0.29, 0.717) is 27.8 Å². The molecule has 1 amide bonds. The zero-order valence-electron chi connectivity index (χ0n) is 12.2. The molecule has 6 nitrogen and oxygen atoms in total. The standard InChI is InChI=1S/C14H16N2O4S/c1-8-14(21-7-15-8)16-13(17)9-5-10(18-2)12(20-4)11(6-9)19-3/h5-7H,1-4H3,(H,16,17). The lowest BCUT2D eigenvalue weighted by Gasteiger charge is -2.13. The maximum absolute atomic E-state index is 12.3. The fraction of sp³-hybridized carbons (Fsp3) is 0.286. The molecule has 0 spiro atoms. The lowest BCUT2D eigenvalue weighted by atomic mass is 10.1. The van der Waals surface area contributed by atoms with Crippen LogP contribution < -0.4 is 19.5 Å². The summed E-state index contributed by atoms with van der Waals surface area (Å²) in [7, 11) is 4.53. The highest BCUT2D eigenvalue weighted by Gasteiger charge is 2.17. The molecule has 0 fully saturated rings. The summed E-state index contributed by atoms with van der Waals surface area (Å²) in [6.07, 6.45) is 0. The molecule has 21 heavy (non-hydrogen) atoms. The molecule has 0 saturated carbocycles. The molecule has 0 bridgehead atoms. The third-order valence-electron chi connectivity index (χ3n) is 2.90. The molecular formula is C14H16N2O4S. The Morgan fingerprint density at radius 1 is 1.14 bits per heavy atom. The van der Waals surface area contributed by atoms with Crippen LogP contribution >= 0.6 is 11.3 Å². The molecule has 2 rings (SSSR count). The Hall–Kier alpha value is -2.28. The molecule has 112 valence electrons. The minimum Gasteiger partial charge on any atom is -0.493 e. The molecule has 0 unspecified atom stereocenters. The van der Waals surface area contributed by atoms with Crippen LogP contribution in [0.3, 0.4) is 0 Å². The van der Waals surface area contributed by atoms with Crippen molar-refractivity contribution in [2.75, 3.05) is 26.6 Å². The van der Waals surface area contributed by atoms with Crippen LogP contribution in [-0.2, 0) is 0 Å². The van der Waals surface area contributed by atoms with Crippen LogP contribution in [0.2, 0.25) is 0 Å². The number of nitrogens with one attached hydrogen (secondary N) is 1. The maximum Gasteiger partial charge on any atom is 0.256 e. The van der Waals surface area contributed by atoms with E-state index in [1.165, 1.54) is 32.7 Å². The highest BCUT2D eigenvalue weighted by atomic mass is 32.1. The van der Waals surface area contributed by atoms with E-state index in [1.807, 2.05) is 6.92 Å². The number of benzene rings is 1. The number of nitrogens with zero attached hydrogens (tertiary/aromatic N) is 1. The minimum absolute atomic E-state index is 0.262. The Labute approximate surface area is 126 Å². The monoisotopic (exact) mass is 308 g/mol. The van der Waals surface area contributed by atoms with E-state index >= 15 is 0 Å². The van der Waals surface area contributed by atoms with Crippen molar-refractivity contribution in [2.24, 2.45) is 0 Å². The van der Waals surface area contributed by atoms with E-state index in [2.05, 4.69) is 10.3 Å². The molecule has 2 aromatic rings. The summed E-state index contributed by atoms with van der Waals surface area (Å²) in [4.78, 5) is 16.4. The molecule has 1 heterocycles. The molecule has 1 N–H and O–H groups in total. The number of rotatable bonds is 5. The van der Waals surface area contributed by atoms with Crippen molar-refractivity contribution in [2.45, 2.75) is 6.92 Å². The predicted molar refractivity (Wildman–Crippen MR) is 80.9 cm³/mol. The Morgan fingerprint density at radius 3 is 2.19 bits per heavy atom. The van der Waals surface area contributed by atoms with E-state index in [0.717, 1.165) is 5.69 Å². The van der Waals surface area contributed by atoms with Crippen LogP contribution in [0.1, 0.15) is 16.1 Å². The Balaban J connectivity index is 2.35. The third-order valence-corrected chi connectivity index (χ3v) is 3.74. The van der Waals surface area contributed by atoms with E-state index in [-0.39, 0.29) is 5.91 Å². The first-order valence-electron chi connectivity index (χ1n) is 6.12. The second-order valence-corrected chi connectivity index (χ2v) is 4.99. The second kappa shape index (κ2) is 6.45. The zero-order valence-corrected chi connectivity index (χ0v) is 13.0. The highest BCUT2D eigenvalue weighted by molar-refractivity contribution is 7.14. The van der Waals surface area contributed by atoms with Gasteiger partial charge in [0.1, 0.15) is 5.00 Å². The van der Waals surface area contributed by atoms with Gasteiger partial charge in [0.15, 0.2) is 11.5 Å². The Bertz CT molecular complexity index is 629. The van der Waals surface area contributed by atoms with E-state index < -0.39 is 0 Å². The topological polar surface area (TPSA) is 69.7 Å². The largest absolute Gasteiger partial charge is 0.493 e. The average molecular weight is 308 g/mol. The zero-order chi connectivity index (χ0) is 15.4. The fourth-order valence-corrected chi connectivity index (χ4v) is 2.50.